The van der Waals surface area contributed by atoms with Crippen molar-refractivity contribution in [3.8, 4) is 0 Å². The molecule has 2 saturated carbocycles. The highest BCUT2D eigenvalue weighted by molar-refractivity contribution is 5.88. The zero-order valence-corrected chi connectivity index (χ0v) is 9.68. The molecule has 3 atom stereocenters. The summed E-state index contributed by atoms with van der Waals surface area (Å²) in [5.41, 5.74) is -1.50. The van der Waals surface area contributed by atoms with Gasteiger partial charge in [0.1, 0.15) is 5.78 Å². The van der Waals surface area contributed by atoms with E-state index in [-0.39, 0.29) is 10.8 Å². The molecule has 2 aliphatic rings. The van der Waals surface area contributed by atoms with Gasteiger partial charge in [-0.3, -0.25) is 4.79 Å². The highest BCUT2D eigenvalue weighted by Crippen LogP contribution is 2.62. The lowest BCUT2D eigenvalue weighted by Crippen LogP contribution is -2.56. The van der Waals surface area contributed by atoms with Crippen molar-refractivity contribution in [2.75, 3.05) is 0 Å². The van der Waals surface area contributed by atoms with Crippen molar-refractivity contribution < 1.29 is 9.90 Å². The van der Waals surface area contributed by atoms with Gasteiger partial charge in [0.05, 0.1) is 5.60 Å². The summed E-state index contributed by atoms with van der Waals surface area (Å²) in [6.07, 6.45) is 5.64. The molecule has 0 aromatic carbocycles. The third-order valence-corrected chi connectivity index (χ3v) is 5.21. The molecule has 2 heteroatoms. The lowest BCUT2D eigenvalue weighted by atomic mass is 9.52. The van der Waals surface area contributed by atoms with Crippen molar-refractivity contribution >= 4 is 5.78 Å². The smallest absolute Gasteiger partial charge is 0.139 e. The number of ketones is 1. The molecule has 0 saturated heterocycles. The van der Waals surface area contributed by atoms with E-state index in [1.807, 2.05) is 6.92 Å². The largest absolute Gasteiger partial charge is 0.385 e. The Morgan fingerprint density at radius 1 is 1.33 bits per heavy atom. The topological polar surface area (TPSA) is 37.3 Å². The summed E-state index contributed by atoms with van der Waals surface area (Å²) in [6.45, 7) is 7.83. The Morgan fingerprint density at radius 2 is 2.00 bits per heavy atom. The first-order chi connectivity index (χ1) is 6.90. The number of rotatable bonds is 1. The Labute approximate surface area is 91.4 Å². The minimum Gasteiger partial charge on any atom is -0.385 e. The average molecular weight is 208 g/mol. The molecule has 0 bridgehead atoms. The van der Waals surface area contributed by atoms with Crippen LogP contribution >= 0.6 is 0 Å². The molecule has 2 fully saturated rings. The van der Waals surface area contributed by atoms with Crippen molar-refractivity contribution in [2.24, 2.45) is 10.8 Å². The Morgan fingerprint density at radius 3 is 2.60 bits per heavy atom. The zero-order valence-electron chi connectivity index (χ0n) is 9.68. The summed E-state index contributed by atoms with van der Waals surface area (Å²) in [5.74, 6) is 0.324. The number of hydrogen-bond donors (Lipinski definition) is 1. The molecule has 1 N–H and O–H groups in total. The van der Waals surface area contributed by atoms with E-state index in [1.165, 1.54) is 0 Å². The van der Waals surface area contributed by atoms with Gasteiger partial charge < -0.3 is 5.11 Å². The molecule has 0 aromatic rings. The van der Waals surface area contributed by atoms with Crippen LogP contribution in [0.2, 0.25) is 0 Å². The maximum Gasteiger partial charge on any atom is 0.139 e. The SMILES string of the molecule is C=C[C@]1(O)CCC[C@]2(C)C(=O)CCC12C. The van der Waals surface area contributed by atoms with E-state index in [9.17, 15) is 9.90 Å². The molecule has 0 amide bonds. The lowest BCUT2D eigenvalue weighted by molar-refractivity contribution is -0.151. The van der Waals surface area contributed by atoms with Crippen molar-refractivity contribution in [2.45, 2.75) is 51.6 Å². The summed E-state index contributed by atoms with van der Waals surface area (Å²) in [5, 5.41) is 10.6. The van der Waals surface area contributed by atoms with Gasteiger partial charge in [-0.25, -0.2) is 0 Å². The van der Waals surface area contributed by atoms with Crippen LogP contribution in [0.15, 0.2) is 12.7 Å². The Balaban J connectivity index is 2.52. The highest BCUT2D eigenvalue weighted by Gasteiger charge is 2.64. The number of aliphatic hydroxyl groups is 1. The molecule has 0 aromatic heterocycles. The van der Waals surface area contributed by atoms with Crippen molar-refractivity contribution in [1.29, 1.82) is 0 Å². The number of fused-ring (bicyclic) bond motifs is 1. The molecule has 0 radical (unpaired) electrons. The van der Waals surface area contributed by atoms with E-state index >= 15 is 0 Å². The number of Topliss-reactive ketones (excluding diaryl/α,β-unsaturated/α-hetero) is 1. The van der Waals surface area contributed by atoms with Crippen molar-refractivity contribution in [3.63, 3.8) is 0 Å². The molecule has 15 heavy (non-hydrogen) atoms. The van der Waals surface area contributed by atoms with E-state index in [2.05, 4.69) is 13.5 Å². The minimum atomic E-state index is -0.855. The third-order valence-electron chi connectivity index (χ3n) is 5.21. The van der Waals surface area contributed by atoms with Crippen LogP contribution in [0.4, 0.5) is 0 Å². The van der Waals surface area contributed by atoms with Crippen LogP contribution in [-0.4, -0.2) is 16.5 Å². The number of carbonyl (C=O) groups is 1. The van der Waals surface area contributed by atoms with Gasteiger partial charge in [-0.1, -0.05) is 19.9 Å². The van der Waals surface area contributed by atoms with Crippen molar-refractivity contribution in [3.05, 3.63) is 12.7 Å². The average Bonchev–Trinajstić information content (AvgIpc) is 2.44. The first-order valence-corrected chi connectivity index (χ1v) is 5.79. The molecule has 0 spiro atoms. The van der Waals surface area contributed by atoms with E-state index in [0.717, 1.165) is 25.7 Å². The fourth-order valence-corrected chi connectivity index (χ4v) is 3.65. The normalized spacial score (nSPS) is 50.2. The summed E-state index contributed by atoms with van der Waals surface area (Å²) in [7, 11) is 0. The molecule has 1 unspecified atom stereocenters. The van der Waals surface area contributed by atoms with Crippen LogP contribution in [0.25, 0.3) is 0 Å². The van der Waals surface area contributed by atoms with E-state index in [0.29, 0.717) is 12.2 Å². The maximum atomic E-state index is 12.0. The molecule has 2 aliphatic carbocycles. The molecule has 0 aliphatic heterocycles. The molecular formula is C13H20O2. The van der Waals surface area contributed by atoms with Gasteiger partial charge >= 0.3 is 0 Å². The molecule has 2 nitrogen and oxygen atoms in total. The van der Waals surface area contributed by atoms with Crippen LogP contribution < -0.4 is 0 Å². The molecule has 84 valence electrons. The first-order valence-electron chi connectivity index (χ1n) is 5.79. The minimum absolute atomic E-state index is 0.308. The molecular weight excluding hydrogens is 188 g/mol. The van der Waals surface area contributed by atoms with E-state index in [4.69, 9.17) is 0 Å². The second kappa shape index (κ2) is 2.94. The third kappa shape index (κ3) is 1.06. The maximum absolute atomic E-state index is 12.0. The fraction of sp³-hybridized carbons (Fsp3) is 0.769. The van der Waals surface area contributed by atoms with Gasteiger partial charge in [0.25, 0.3) is 0 Å². The highest BCUT2D eigenvalue weighted by atomic mass is 16.3. The zero-order chi connectivity index (χ0) is 11.3. The Bertz CT molecular complexity index is 322. The second-order valence-corrected chi connectivity index (χ2v) is 5.57. The van der Waals surface area contributed by atoms with Crippen LogP contribution in [0, 0.1) is 10.8 Å². The van der Waals surface area contributed by atoms with Gasteiger partial charge in [0, 0.05) is 17.3 Å². The monoisotopic (exact) mass is 208 g/mol. The Hall–Kier alpha value is -0.630. The number of hydrogen-bond acceptors (Lipinski definition) is 2. The van der Waals surface area contributed by atoms with Gasteiger partial charge in [0.15, 0.2) is 0 Å². The number of carbonyl (C=O) groups excluding carboxylic acids is 1. The van der Waals surface area contributed by atoms with Gasteiger partial charge in [-0.05, 0) is 25.7 Å². The van der Waals surface area contributed by atoms with Gasteiger partial charge in [-0.15, -0.1) is 6.58 Å². The lowest BCUT2D eigenvalue weighted by Gasteiger charge is -2.53. The first kappa shape index (κ1) is 10.9. The summed E-state index contributed by atoms with van der Waals surface area (Å²) in [6, 6.07) is 0. The van der Waals surface area contributed by atoms with Crippen LogP contribution in [0.5, 0.6) is 0 Å². The Kier molecular flexibility index (Phi) is 2.13. The summed E-state index contributed by atoms with van der Waals surface area (Å²) >= 11 is 0. The van der Waals surface area contributed by atoms with E-state index in [1.54, 1.807) is 6.08 Å². The standard InChI is InChI=1S/C13H20O2/c1-4-13(15)8-5-7-11(2)10(14)6-9-12(11,13)3/h4,15H,1,5-9H2,2-3H3/t11-,12?,13+/m1/s1. The second-order valence-electron chi connectivity index (χ2n) is 5.57. The predicted octanol–water partition coefficient (Wildman–Crippen LogP) is 2.46. The van der Waals surface area contributed by atoms with Gasteiger partial charge in [-0.2, -0.15) is 0 Å². The summed E-state index contributed by atoms with van der Waals surface area (Å²) < 4.78 is 0. The predicted molar refractivity (Wildman–Crippen MR) is 59.5 cm³/mol. The fourth-order valence-electron chi connectivity index (χ4n) is 3.65. The molecule has 2 rings (SSSR count). The van der Waals surface area contributed by atoms with Gasteiger partial charge in [0.2, 0.25) is 0 Å². The quantitative estimate of drug-likeness (QED) is 0.672. The van der Waals surface area contributed by atoms with Crippen LogP contribution in [-0.2, 0) is 4.79 Å². The van der Waals surface area contributed by atoms with E-state index < -0.39 is 5.60 Å². The summed E-state index contributed by atoms with van der Waals surface area (Å²) in [4.78, 5) is 12.0. The van der Waals surface area contributed by atoms with Crippen LogP contribution in [0.1, 0.15) is 46.0 Å². The van der Waals surface area contributed by atoms with Crippen molar-refractivity contribution in [1.82, 2.24) is 0 Å². The molecule has 0 heterocycles. The van der Waals surface area contributed by atoms with Crippen LogP contribution in [0.3, 0.4) is 0 Å².